The number of unbranched alkanes of at least 4 members (excludes halogenated alkanes) is 16. The summed E-state index contributed by atoms with van der Waals surface area (Å²) >= 11 is 0. The third-order valence-corrected chi connectivity index (χ3v) is 12.2. The van der Waals surface area contributed by atoms with Crippen LogP contribution in [0.4, 0.5) is 0 Å². The van der Waals surface area contributed by atoms with Crippen LogP contribution in [0.1, 0.15) is 174 Å². The molecule has 0 amide bonds. The standard InChI is InChI=1S/C54H92O15/c1-3-5-7-9-11-13-15-17-19-20-21-23-24-26-28-30-32-34-36-45(56)64-39-42(67-46(57)37-35-33-31-29-27-25-22-18-16-14-12-10-8-6-4-2)40-65-53-52(63)50(61)48(59)44(69-53)41-66-54-51(62)49(60)47(58)43(38-55)68-54/h6,8,12,14,18-20,22,27,29,42-44,47-55,58-63H,3-5,7,9-11,13,15-17,21,23-26,28,30-41H2,1-2H3/b8-6-,14-12-,20-19-,22-18-,29-27-. The fourth-order valence-corrected chi connectivity index (χ4v) is 7.91. The Balaban J connectivity index is 1.81. The molecule has 0 saturated carbocycles. The largest absolute Gasteiger partial charge is 0.462 e. The van der Waals surface area contributed by atoms with Crippen LogP contribution in [-0.2, 0) is 38.0 Å². The summed E-state index contributed by atoms with van der Waals surface area (Å²) in [4.78, 5) is 25.8. The average molecular weight is 981 g/mol. The topological polar surface area (TPSA) is 231 Å². The molecule has 15 nitrogen and oxygen atoms in total. The summed E-state index contributed by atoms with van der Waals surface area (Å²) in [6.45, 7) is 2.42. The van der Waals surface area contributed by atoms with Gasteiger partial charge in [0.2, 0.25) is 0 Å². The molecule has 0 aliphatic carbocycles. The Labute approximate surface area is 413 Å². The summed E-state index contributed by atoms with van der Waals surface area (Å²) in [6, 6.07) is 0. The van der Waals surface area contributed by atoms with Crippen LogP contribution in [0.15, 0.2) is 60.8 Å². The van der Waals surface area contributed by atoms with E-state index in [4.69, 9.17) is 28.4 Å². The molecule has 2 rings (SSSR count). The predicted molar refractivity (Wildman–Crippen MR) is 266 cm³/mol. The van der Waals surface area contributed by atoms with E-state index in [1.54, 1.807) is 0 Å². The van der Waals surface area contributed by atoms with Gasteiger partial charge in [-0.1, -0.05) is 145 Å². The summed E-state index contributed by atoms with van der Waals surface area (Å²) in [7, 11) is 0. The van der Waals surface area contributed by atoms with Crippen molar-refractivity contribution >= 4 is 11.9 Å². The number of carbonyl (C=O) groups excluding carboxylic acids is 2. The van der Waals surface area contributed by atoms with Gasteiger partial charge in [0.1, 0.15) is 55.4 Å². The number of hydrogen-bond donors (Lipinski definition) is 7. The molecule has 2 heterocycles. The van der Waals surface area contributed by atoms with Crippen LogP contribution in [0.25, 0.3) is 0 Å². The van der Waals surface area contributed by atoms with Crippen molar-refractivity contribution in [1.82, 2.24) is 0 Å². The molecule has 0 aromatic carbocycles. The number of aliphatic hydroxyl groups excluding tert-OH is 7. The Morgan fingerprint density at radius 3 is 1.48 bits per heavy atom. The van der Waals surface area contributed by atoms with Crippen molar-refractivity contribution in [2.75, 3.05) is 26.4 Å². The molecule has 2 aliphatic heterocycles. The molecule has 2 saturated heterocycles. The zero-order chi connectivity index (χ0) is 50.3. The number of aliphatic hydroxyl groups is 7. The summed E-state index contributed by atoms with van der Waals surface area (Å²) in [5.41, 5.74) is 0. The van der Waals surface area contributed by atoms with Crippen LogP contribution >= 0.6 is 0 Å². The molecule has 7 N–H and O–H groups in total. The van der Waals surface area contributed by atoms with Gasteiger partial charge in [0.25, 0.3) is 0 Å². The van der Waals surface area contributed by atoms with Gasteiger partial charge in [0.15, 0.2) is 18.7 Å². The van der Waals surface area contributed by atoms with E-state index in [-0.39, 0.29) is 19.4 Å². The van der Waals surface area contributed by atoms with Crippen molar-refractivity contribution in [1.29, 1.82) is 0 Å². The van der Waals surface area contributed by atoms with E-state index in [1.807, 2.05) is 0 Å². The average Bonchev–Trinajstić information content (AvgIpc) is 3.34. The normalized spacial score (nSPS) is 26.0. The SMILES string of the molecule is CC/C=C\C/C=C\C/C=C\C/C=C\CCCCC(=O)OC(COC(=O)CCCCCCCCC/C=C\CCCCCCCCC)COC1OC(COC2OC(CO)C(O)C(O)C2O)C(O)C(O)C1O. The lowest BCUT2D eigenvalue weighted by molar-refractivity contribution is -0.332. The molecule has 11 atom stereocenters. The minimum absolute atomic E-state index is 0.110. The Morgan fingerprint density at radius 2 is 0.913 bits per heavy atom. The molecule has 0 spiro atoms. The van der Waals surface area contributed by atoms with Crippen LogP contribution in [0.3, 0.4) is 0 Å². The van der Waals surface area contributed by atoms with Gasteiger partial charge < -0.3 is 64.2 Å². The second-order valence-corrected chi connectivity index (χ2v) is 18.3. The monoisotopic (exact) mass is 981 g/mol. The van der Waals surface area contributed by atoms with E-state index in [2.05, 4.69) is 74.6 Å². The zero-order valence-electron chi connectivity index (χ0n) is 42.0. The smallest absolute Gasteiger partial charge is 0.306 e. The lowest BCUT2D eigenvalue weighted by atomic mass is 9.98. The maximum atomic E-state index is 13.0. The highest BCUT2D eigenvalue weighted by molar-refractivity contribution is 5.70. The van der Waals surface area contributed by atoms with Gasteiger partial charge in [-0.25, -0.2) is 0 Å². The molecule has 0 radical (unpaired) electrons. The molecule has 0 aromatic heterocycles. The summed E-state index contributed by atoms with van der Waals surface area (Å²) in [5, 5.41) is 72.1. The number of ether oxygens (including phenoxy) is 6. The van der Waals surface area contributed by atoms with Crippen molar-refractivity contribution in [3.63, 3.8) is 0 Å². The molecule has 11 unspecified atom stereocenters. The molecule has 2 aliphatic rings. The maximum Gasteiger partial charge on any atom is 0.306 e. The molecule has 0 aromatic rings. The van der Waals surface area contributed by atoms with E-state index in [0.29, 0.717) is 12.8 Å². The lowest BCUT2D eigenvalue weighted by Crippen LogP contribution is -2.61. The molecule has 69 heavy (non-hydrogen) atoms. The van der Waals surface area contributed by atoms with Crippen LogP contribution in [0, 0.1) is 0 Å². The molecule has 0 bridgehead atoms. The number of rotatable bonds is 40. The highest BCUT2D eigenvalue weighted by atomic mass is 16.7. The van der Waals surface area contributed by atoms with E-state index in [1.165, 1.54) is 64.2 Å². The molecule has 2 fully saturated rings. The molecular formula is C54H92O15. The van der Waals surface area contributed by atoms with E-state index < -0.39 is 99.3 Å². The third-order valence-electron chi connectivity index (χ3n) is 12.2. The second-order valence-electron chi connectivity index (χ2n) is 18.3. The van der Waals surface area contributed by atoms with Gasteiger partial charge in [-0.05, 0) is 77.0 Å². The first kappa shape index (κ1) is 62.3. The Kier molecular flexibility index (Phi) is 36.8. The Hall–Kier alpha value is -2.80. The van der Waals surface area contributed by atoms with Crippen molar-refractivity contribution in [3.8, 4) is 0 Å². The summed E-state index contributed by atoms with van der Waals surface area (Å²) in [6.07, 6.45) is 29.7. The van der Waals surface area contributed by atoms with Gasteiger partial charge in [-0.3, -0.25) is 9.59 Å². The number of carbonyl (C=O) groups is 2. The highest BCUT2D eigenvalue weighted by Gasteiger charge is 2.47. The fourth-order valence-electron chi connectivity index (χ4n) is 7.91. The summed E-state index contributed by atoms with van der Waals surface area (Å²) in [5.74, 6) is -0.981. The van der Waals surface area contributed by atoms with E-state index in [9.17, 15) is 45.3 Å². The van der Waals surface area contributed by atoms with Crippen LogP contribution < -0.4 is 0 Å². The first-order valence-electron chi connectivity index (χ1n) is 26.4. The van der Waals surface area contributed by atoms with Gasteiger partial charge in [-0.15, -0.1) is 0 Å². The quantitative estimate of drug-likeness (QED) is 0.0178. The summed E-state index contributed by atoms with van der Waals surface area (Å²) < 4.78 is 33.5. The Bertz CT molecular complexity index is 1430. The van der Waals surface area contributed by atoms with Crippen molar-refractivity contribution < 1.29 is 73.8 Å². The van der Waals surface area contributed by atoms with Crippen molar-refractivity contribution in [2.45, 2.75) is 242 Å². The van der Waals surface area contributed by atoms with Crippen LogP contribution in [-0.4, -0.2) is 142 Å². The number of hydrogen-bond acceptors (Lipinski definition) is 15. The first-order valence-corrected chi connectivity index (χ1v) is 26.4. The Morgan fingerprint density at radius 1 is 0.478 bits per heavy atom. The van der Waals surface area contributed by atoms with Gasteiger partial charge >= 0.3 is 11.9 Å². The van der Waals surface area contributed by atoms with E-state index in [0.717, 1.165) is 70.6 Å². The third kappa shape index (κ3) is 28.7. The zero-order valence-corrected chi connectivity index (χ0v) is 42.0. The number of allylic oxidation sites excluding steroid dienone is 10. The van der Waals surface area contributed by atoms with E-state index >= 15 is 0 Å². The molecular weight excluding hydrogens is 889 g/mol. The fraction of sp³-hybridized carbons (Fsp3) is 0.778. The van der Waals surface area contributed by atoms with Crippen molar-refractivity contribution in [3.05, 3.63) is 60.8 Å². The van der Waals surface area contributed by atoms with Gasteiger partial charge in [0.05, 0.1) is 19.8 Å². The minimum Gasteiger partial charge on any atom is -0.462 e. The minimum atomic E-state index is -1.78. The highest BCUT2D eigenvalue weighted by Crippen LogP contribution is 2.26. The number of esters is 2. The maximum absolute atomic E-state index is 13.0. The van der Waals surface area contributed by atoms with Crippen LogP contribution in [0.5, 0.6) is 0 Å². The van der Waals surface area contributed by atoms with Gasteiger partial charge in [0, 0.05) is 12.8 Å². The predicted octanol–water partition coefficient (Wildman–Crippen LogP) is 7.66. The lowest BCUT2D eigenvalue weighted by Gasteiger charge is -2.42. The van der Waals surface area contributed by atoms with Crippen molar-refractivity contribution in [2.24, 2.45) is 0 Å². The first-order chi connectivity index (χ1) is 33.5. The van der Waals surface area contributed by atoms with Gasteiger partial charge in [-0.2, -0.15) is 0 Å². The second kappa shape index (κ2) is 40.8. The molecule has 15 heteroatoms. The van der Waals surface area contributed by atoms with Crippen LogP contribution in [0.2, 0.25) is 0 Å². The molecule has 398 valence electrons.